The molecule has 12 heteroatoms. The topological polar surface area (TPSA) is 84.6 Å². The SMILES string of the molecule is COc1cc2nc(Cc3ccccc3)n(-c3ccc(C(O)(C(F)(F)F)C(F)(F)F)cc3)c(=O)c2cc1O. The molecule has 0 atom stereocenters. The van der Waals surface area contributed by atoms with Gasteiger partial charge in [0, 0.05) is 18.1 Å². The summed E-state index contributed by atoms with van der Waals surface area (Å²) < 4.78 is 85.8. The summed E-state index contributed by atoms with van der Waals surface area (Å²) in [5.41, 5.74) is -6.54. The molecular formula is C25H18F6N2O4. The lowest BCUT2D eigenvalue weighted by Crippen LogP contribution is -2.53. The zero-order valence-corrected chi connectivity index (χ0v) is 18.9. The van der Waals surface area contributed by atoms with Crippen LogP contribution in [-0.2, 0) is 12.0 Å². The van der Waals surface area contributed by atoms with Crippen LogP contribution in [0.25, 0.3) is 16.6 Å². The molecule has 2 N–H and O–H groups in total. The minimum absolute atomic E-state index is 0.0470. The highest BCUT2D eigenvalue weighted by Crippen LogP contribution is 2.50. The summed E-state index contributed by atoms with van der Waals surface area (Å²) in [4.78, 5) is 17.9. The van der Waals surface area contributed by atoms with E-state index < -0.39 is 29.1 Å². The molecule has 0 aliphatic rings. The Labute approximate surface area is 205 Å². The highest BCUT2D eigenvalue weighted by molar-refractivity contribution is 5.82. The van der Waals surface area contributed by atoms with Crippen molar-refractivity contribution in [1.82, 2.24) is 9.55 Å². The second-order valence-electron chi connectivity index (χ2n) is 8.12. The molecule has 0 aliphatic carbocycles. The minimum atomic E-state index is -6.05. The van der Waals surface area contributed by atoms with Crippen molar-refractivity contribution >= 4 is 10.9 Å². The molecule has 37 heavy (non-hydrogen) atoms. The average Bonchev–Trinajstić information content (AvgIpc) is 2.83. The van der Waals surface area contributed by atoms with Gasteiger partial charge in [-0.3, -0.25) is 9.36 Å². The van der Waals surface area contributed by atoms with Gasteiger partial charge in [0.05, 0.1) is 23.7 Å². The van der Waals surface area contributed by atoms with Crippen molar-refractivity contribution in [3.8, 4) is 17.2 Å². The number of fused-ring (bicyclic) bond motifs is 1. The standard InChI is InChI=1S/C25H18F6N2O4/c1-37-20-13-18-17(12-19(20)34)22(35)33(21(32-18)11-14-5-3-2-4-6-14)16-9-7-15(8-10-16)23(36,24(26,27)28)25(29,30)31/h2-10,12-13,34,36H,11H2,1H3. The third-order valence-electron chi connectivity index (χ3n) is 5.81. The van der Waals surface area contributed by atoms with Crippen molar-refractivity contribution in [2.45, 2.75) is 24.4 Å². The molecule has 0 saturated carbocycles. The van der Waals surface area contributed by atoms with Crippen molar-refractivity contribution < 1.29 is 41.3 Å². The van der Waals surface area contributed by atoms with Crippen LogP contribution in [0.4, 0.5) is 26.3 Å². The van der Waals surface area contributed by atoms with E-state index in [1.807, 2.05) is 0 Å². The summed E-state index contributed by atoms with van der Waals surface area (Å²) in [6.07, 6.45) is -12.0. The first-order valence-electron chi connectivity index (χ1n) is 10.6. The van der Waals surface area contributed by atoms with Gasteiger partial charge in [-0.2, -0.15) is 26.3 Å². The number of rotatable bonds is 5. The van der Waals surface area contributed by atoms with E-state index in [-0.39, 0.29) is 40.3 Å². The molecule has 0 fully saturated rings. The highest BCUT2D eigenvalue weighted by atomic mass is 19.4. The Morgan fingerprint density at radius 3 is 2.05 bits per heavy atom. The van der Waals surface area contributed by atoms with Crippen LogP contribution in [0.3, 0.4) is 0 Å². The fourth-order valence-corrected chi connectivity index (χ4v) is 3.91. The molecule has 0 spiro atoms. The third-order valence-corrected chi connectivity index (χ3v) is 5.81. The van der Waals surface area contributed by atoms with Crippen LogP contribution in [0.1, 0.15) is 17.0 Å². The van der Waals surface area contributed by atoms with Gasteiger partial charge in [0.25, 0.3) is 11.2 Å². The van der Waals surface area contributed by atoms with Gasteiger partial charge in [0.2, 0.25) is 0 Å². The van der Waals surface area contributed by atoms with E-state index in [0.717, 1.165) is 22.8 Å². The predicted molar refractivity (Wildman–Crippen MR) is 121 cm³/mol. The summed E-state index contributed by atoms with van der Waals surface area (Å²) in [5.74, 6) is -0.205. The fraction of sp³-hybridized carbons (Fsp3) is 0.200. The summed E-state index contributed by atoms with van der Waals surface area (Å²) in [6.45, 7) is 0. The lowest BCUT2D eigenvalue weighted by molar-refractivity contribution is -0.376. The number of phenols is 1. The second kappa shape index (κ2) is 9.11. The zero-order chi connectivity index (χ0) is 27.2. The first-order chi connectivity index (χ1) is 17.3. The van der Waals surface area contributed by atoms with Gasteiger partial charge in [-0.25, -0.2) is 4.98 Å². The van der Waals surface area contributed by atoms with Crippen LogP contribution in [0.15, 0.2) is 71.5 Å². The normalized spacial score (nSPS) is 12.6. The van der Waals surface area contributed by atoms with Crippen LogP contribution in [0.2, 0.25) is 0 Å². The van der Waals surface area contributed by atoms with Crippen molar-refractivity contribution in [3.05, 3.63) is 94.0 Å². The third kappa shape index (κ3) is 4.48. The number of aromatic nitrogens is 2. The van der Waals surface area contributed by atoms with Gasteiger partial charge < -0.3 is 14.9 Å². The number of methoxy groups -OCH3 is 1. The molecule has 3 aromatic carbocycles. The largest absolute Gasteiger partial charge is 0.504 e. The smallest absolute Gasteiger partial charge is 0.430 e. The molecule has 0 unspecified atom stereocenters. The zero-order valence-electron chi connectivity index (χ0n) is 18.9. The molecule has 0 radical (unpaired) electrons. The molecule has 194 valence electrons. The summed E-state index contributed by atoms with van der Waals surface area (Å²) in [7, 11) is 1.30. The number of halogens is 6. The van der Waals surface area contributed by atoms with E-state index in [1.54, 1.807) is 30.3 Å². The molecule has 4 aromatic rings. The molecular weight excluding hydrogens is 506 g/mol. The van der Waals surface area contributed by atoms with Crippen LogP contribution in [-0.4, -0.2) is 39.2 Å². The van der Waals surface area contributed by atoms with Gasteiger partial charge >= 0.3 is 12.4 Å². The molecule has 1 aromatic heterocycles. The van der Waals surface area contributed by atoms with E-state index in [4.69, 9.17) is 4.74 Å². The maximum atomic E-state index is 13.5. The van der Waals surface area contributed by atoms with E-state index >= 15 is 0 Å². The number of nitrogens with zero attached hydrogens (tertiary/aromatic N) is 2. The van der Waals surface area contributed by atoms with Gasteiger partial charge in [0.1, 0.15) is 5.82 Å². The Bertz CT molecular complexity index is 1480. The van der Waals surface area contributed by atoms with E-state index in [0.29, 0.717) is 17.7 Å². The van der Waals surface area contributed by atoms with Crippen LogP contribution in [0.5, 0.6) is 11.5 Å². The molecule has 1 heterocycles. The Morgan fingerprint density at radius 1 is 0.919 bits per heavy atom. The Hall–Kier alpha value is -4.06. The number of ether oxygens (including phenoxy) is 1. The number of phenolic OH excluding ortho intramolecular Hbond substituents is 1. The lowest BCUT2D eigenvalue weighted by atomic mass is 9.92. The van der Waals surface area contributed by atoms with Gasteiger partial charge in [-0.1, -0.05) is 42.5 Å². The maximum Gasteiger partial charge on any atom is 0.430 e. The van der Waals surface area contributed by atoms with E-state index in [9.17, 15) is 41.4 Å². The average molecular weight is 524 g/mol. The molecule has 4 rings (SSSR count). The second-order valence-corrected chi connectivity index (χ2v) is 8.12. The van der Waals surface area contributed by atoms with Gasteiger partial charge in [-0.15, -0.1) is 0 Å². The number of hydrogen-bond acceptors (Lipinski definition) is 5. The summed E-state index contributed by atoms with van der Waals surface area (Å²) in [6, 6.07) is 13.8. The molecule has 0 aliphatic heterocycles. The van der Waals surface area contributed by atoms with Crippen LogP contribution < -0.4 is 10.3 Å². The number of benzene rings is 3. The highest BCUT2D eigenvalue weighted by Gasteiger charge is 2.71. The molecule has 0 bridgehead atoms. The monoisotopic (exact) mass is 524 g/mol. The number of aliphatic hydroxyl groups is 1. The molecule has 0 amide bonds. The summed E-state index contributed by atoms with van der Waals surface area (Å²) in [5, 5.41) is 19.7. The number of alkyl halides is 6. The molecule has 6 nitrogen and oxygen atoms in total. The number of hydrogen-bond donors (Lipinski definition) is 2. The van der Waals surface area contributed by atoms with Crippen molar-refractivity contribution in [1.29, 1.82) is 0 Å². The quantitative estimate of drug-likeness (QED) is 0.359. The molecule has 0 saturated heterocycles. The van der Waals surface area contributed by atoms with Crippen molar-refractivity contribution in [2.24, 2.45) is 0 Å². The van der Waals surface area contributed by atoms with E-state index in [2.05, 4.69) is 4.98 Å². The first kappa shape index (κ1) is 26.0. The first-order valence-corrected chi connectivity index (χ1v) is 10.6. The van der Waals surface area contributed by atoms with Gasteiger partial charge in [0.15, 0.2) is 11.5 Å². The Balaban J connectivity index is 1.94. The van der Waals surface area contributed by atoms with E-state index in [1.165, 1.54) is 13.2 Å². The Morgan fingerprint density at radius 2 is 1.51 bits per heavy atom. The van der Waals surface area contributed by atoms with Gasteiger partial charge in [-0.05, 0) is 23.8 Å². The number of aromatic hydroxyl groups is 1. The predicted octanol–water partition coefficient (Wildman–Crippen LogP) is 5.00. The van der Waals surface area contributed by atoms with Crippen LogP contribution >= 0.6 is 0 Å². The maximum absolute atomic E-state index is 13.5. The summed E-state index contributed by atoms with van der Waals surface area (Å²) >= 11 is 0. The van der Waals surface area contributed by atoms with Crippen molar-refractivity contribution in [2.75, 3.05) is 7.11 Å². The van der Waals surface area contributed by atoms with Crippen molar-refractivity contribution in [3.63, 3.8) is 0 Å². The Kier molecular flexibility index (Phi) is 6.40. The van der Waals surface area contributed by atoms with Crippen LogP contribution in [0, 0.1) is 0 Å². The fourth-order valence-electron chi connectivity index (χ4n) is 3.91. The minimum Gasteiger partial charge on any atom is -0.504 e. The lowest BCUT2D eigenvalue weighted by Gasteiger charge is -2.32.